The molecule has 0 fully saturated rings. The first-order valence-electron chi connectivity index (χ1n) is 6.28. The van der Waals surface area contributed by atoms with Crippen molar-refractivity contribution in [2.24, 2.45) is 0 Å². The summed E-state index contributed by atoms with van der Waals surface area (Å²) in [6, 6.07) is 7.67. The number of aromatic nitrogens is 2. The fraction of sp³-hybridized carbons (Fsp3) is 0.0667. The third-order valence-corrected chi connectivity index (χ3v) is 3.19. The molecule has 2 aromatic carbocycles. The number of aryl methyl sites for hydroxylation is 1. The fourth-order valence-corrected chi connectivity index (χ4v) is 2.06. The van der Waals surface area contributed by atoms with Gasteiger partial charge in [0, 0.05) is 11.1 Å². The molecule has 1 heterocycles. The molecule has 3 rings (SSSR count). The first-order chi connectivity index (χ1) is 10.1. The number of anilines is 3. The van der Waals surface area contributed by atoms with E-state index in [-0.39, 0.29) is 5.69 Å². The summed E-state index contributed by atoms with van der Waals surface area (Å²) in [6.07, 6.45) is 1.33. The van der Waals surface area contributed by atoms with Gasteiger partial charge in [-0.2, -0.15) is 0 Å². The molecule has 106 valence electrons. The number of nitrogen functional groups attached to an aromatic ring is 1. The monoisotopic (exact) mass is 286 g/mol. The second-order valence-electron chi connectivity index (χ2n) is 4.68. The lowest BCUT2D eigenvalue weighted by Crippen LogP contribution is -2.02. The third-order valence-electron chi connectivity index (χ3n) is 3.19. The summed E-state index contributed by atoms with van der Waals surface area (Å²) in [5, 5.41) is 3.29. The van der Waals surface area contributed by atoms with Crippen molar-refractivity contribution in [2.75, 3.05) is 11.1 Å². The largest absolute Gasteiger partial charge is 0.399 e. The van der Waals surface area contributed by atoms with Crippen LogP contribution in [0.15, 0.2) is 36.7 Å². The summed E-state index contributed by atoms with van der Waals surface area (Å²) in [4.78, 5) is 8.14. The average Bonchev–Trinajstić information content (AvgIpc) is 2.48. The maximum Gasteiger partial charge on any atom is 0.152 e. The predicted molar refractivity (Wildman–Crippen MR) is 78.3 cm³/mol. The maximum atomic E-state index is 14.1. The fourth-order valence-electron chi connectivity index (χ4n) is 2.06. The Balaban J connectivity index is 2.15. The number of nitrogens with one attached hydrogen (secondary N) is 1. The van der Waals surface area contributed by atoms with Crippen LogP contribution in [0.4, 0.5) is 26.0 Å². The van der Waals surface area contributed by atoms with Gasteiger partial charge in [0.25, 0.3) is 0 Å². The number of halogens is 2. The predicted octanol–water partition coefficient (Wildman–Crippen LogP) is 3.54. The van der Waals surface area contributed by atoms with Crippen LogP contribution in [-0.4, -0.2) is 9.97 Å². The second-order valence-corrected chi connectivity index (χ2v) is 4.68. The molecule has 4 nitrogen and oxygen atoms in total. The highest BCUT2D eigenvalue weighted by Crippen LogP contribution is 2.28. The molecule has 0 radical (unpaired) electrons. The third kappa shape index (κ3) is 2.35. The first kappa shape index (κ1) is 13.2. The zero-order valence-electron chi connectivity index (χ0n) is 11.2. The van der Waals surface area contributed by atoms with Gasteiger partial charge in [0.15, 0.2) is 5.82 Å². The van der Waals surface area contributed by atoms with Gasteiger partial charge in [0.1, 0.15) is 23.6 Å². The standard InChI is InChI=1S/C15H12F2N4/c1-8-2-4-11(16)14(13(8)17)21-15-10-6-9(18)3-5-12(10)19-7-20-15/h2-7H,18H2,1H3,(H,19,20,21). The van der Waals surface area contributed by atoms with Crippen molar-refractivity contribution in [2.45, 2.75) is 6.92 Å². The highest BCUT2D eigenvalue weighted by Gasteiger charge is 2.13. The Kier molecular flexibility index (Phi) is 3.13. The maximum absolute atomic E-state index is 14.1. The Hall–Kier alpha value is -2.76. The molecule has 6 heteroatoms. The molecule has 0 aliphatic heterocycles. The quantitative estimate of drug-likeness (QED) is 0.707. The van der Waals surface area contributed by atoms with Crippen LogP contribution in [0.5, 0.6) is 0 Å². The molecule has 0 saturated heterocycles. The Labute approximate surface area is 119 Å². The van der Waals surface area contributed by atoms with Gasteiger partial charge in [0.05, 0.1) is 5.52 Å². The van der Waals surface area contributed by atoms with Gasteiger partial charge in [0.2, 0.25) is 0 Å². The van der Waals surface area contributed by atoms with Crippen LogP contribution in [0, 0.1) is 18.6 Å². The molecular weight excluding hydrogens is 274 g/mol. The van der Waals surface area contributed by atoms with E-state index in [1.165, 1.54) is 18.5 Å². The van der Waals surface area contributed by atoms with Gasteiger partial charge in [-0.3, -0.25) is 0 Å². The summed E-state index contributed by atoms with van der Waals surface area (Å²) < 4.78 is 27.9. The summed E-state index contributed by atoms with van der Waals surface area (Å²) in [5.74, 6) is -1.03. The van der Waals surface area contributed by atoms with Gasteiger partial charge in [-0.25, -0.2) is 18.7 Å². The minimum absolute atomic E-state index is 0.238. The number of hydrogen-bond acceptors (Lipinski definition) is 4. The summed E-state index contributed by atoms with van der Waals surface area (Å²) in [6.45, 7) is 1.57. The molecule has 0 atom stereocenters. The van der Waals surface area contributed by atoms with E-state index in [9.17, 15) is 8.78 Å². The number of benzene rings is 2. The molecule has 0 amide bonds. The van der Waals surface area contributed by atoms with E-state index in [0.717, 1.165) is 0 Å². The van der Waals surface area contributed by atoms with Gasteiger partial charge < -0.3 is 11.1 Å². The highest BCUT2D eigenvalue weighted by molar-refractivity contribution is 5.92. The Morgan fingerprint density at radius 2 is 1.90 bits per heavy atom. The summed E-state index contributed by atoms with van der Waals surface area (Å²) >= 11 is 0. The number of fused-ring (bicyclic) bond motifs is 1. The van der Waals surface area contributed by atoms with Crippen molar-refractivity contribution < 1.29 is 8.78 Å². The molecule has 0 aliphatic rings. The van der Waals surface area contributed by atoms with Crippen molar-refractivity contribution >= 4 is 28.1 Å². The molecule has 0 aliphatic carbocycles. The van der Waals surface area contributed by atoms with E-state index in [0.29, 0.717) is 28.0 Å². The van der Waals surface area contributed by atoms with Crippen LogP contribution in [0.3, 0.4) is 0 Å². The van der Waals surface area contributed by atoms with Crippen LogP contribution >= 0.6 is 0 Å². The first-order valence-corrected chi connectivity index (χ1v) is 6.28. The van der Waals surface area contributed by atoms with Crippen molar-refractivity contribution in [3.8, 4) is 0 Å². The highest BCUT2D eigenvalue weighted by atomic mass is 19.1. The molecule has 0 unspecified atom stereocenters. The lowest BCUT2D eigenvalue weighted by molar-refractivity contribution is 0.585. The second kappa shape index (κ2) is 4.97. The average molecular weight is 286 g/mol. The molecule has 3 N–H and O–H groups in total. The zero-order valence-corrected chi connectivity index (χ0v) is 11.2. The number of nitrogens with zero attached hydrogens (tertiary/aromatic N) is 2. The zero-order chi connectivity index (χ0) is 15.0. The van der Waals surface area contributed by atoms with E-state index in [1.54, 1.807) is 25.1 Å². The Morgan fingerprint density at radius 1 is 1.10 bits per heavy atom. The molecule has 1 aromatic heterocycles. The molecule has 0 bridgehead atoms. The lowest BCUT2D eigenvalue weighted by Gasteiger charge is -2.11. The van der Waals surface area contributed by atoms with Crippen LogP contribution in [-0.2, 0) is 0 Å². The molecule has 0 spiro atoms. The van der Waals surface area contributed by atoms with Crippen LogP contribution in [0.25, 0.3) is 10.9 Å². The summed E-state index contributed by atoms with van der Waals surface area (Å²) in [5.41, 5.74) is 7.00. The van der Waals surface area contributed by atoms with Gasteiger partial charge in [-0.15, -0.1) is 0 Å². The van der Waals surface area contributed by atoms with E-state index in [1.807, 2.05) is 0 Å². The topological polar surface area (TPSA) is 63.8 Å². The lowest BCUT2D eigenvalue weighted by atomic mass is 10.1. The van der Waals surface area contributed by atoms with Crippen LogP contribution in [0.1, 0.15) is 5.56 Å². The molecule has 3 aromatic rings. The Morgan fingerprint density at radius 3 is 2.71 bits per heavy atom. The van der Waals surface area contributed by atoms with Crippen molar-refractivity contribution in [3.05, 3.63) is 53.9 Å². The number of nitrogens with two attached hydrogens (primary N) is 1. The minimum atomic E-state index is -0.686. The number of hydrogen-bond donors (Lipinski definition) is 2. The van der Waals surface area contributed by atoms with Gasteiger partial charge >= 0.3 is 0 Å². The molecular formula is C15H12F2N4. The van der Waals surface area contributed by atoms with E-state index in [2.05, 4.69) is 15.3 Å². The normalized spacial score (nSPS) is 10.8. The van der Waals surface area contributed by atoms with E-state index < -0.39 is 11.6 Å². The SMILES string of the molecule is Cc1ccc(F)c(Nc2ncnc3ccc(N)cc23)c1F. The minimum Gasteiger partial charge on any atom is -0.399 e. The summed E-state index contributed by atoms with van der Waals surface area (Å²) in [7, 11) is 0. The molecule has 0 saturated carbocycles. The van der Waals surface area contributed by atoms with Crippen molar-refractivity contribution in [1.29, 1.82) is 0 Å². The van der Waals surface area contributed by atoms with Crippen molar-refractivity contribution in [1.82, 2.24) is 9.97 Å². The van der Waals surface area contributed by atoms with E-state index in [4.69, 9.17) is 5.73 Å². The number of rotatable bonds is 2. The molecule has 21 heavy (non-hydrogen) atoms. The van der Waals surface area contributed by atoms with Crippen LogP contribution in [0.2, 0.25) is 0 Å². The van der Waals surface area contributed by atoms with Crippen LogP contribution < -0.4 is 11.1 Å². The smallest absolute Gasteiger partial charge is 0.152 e. The van der Waals surface area contributed by atoms with Gasteiger partial charge in [-0.1, -0.05) is 6.07 Å². The Bertz CT molecular complexity index is 833. The van der Waals surface area contributed by atoms with E-state index >= 15 is 0 Å². The van der Waals surface area contributed by atoms with Crippen molar-refractivity contribution in [3.63, 3.8) is 0 Å². The van der Waals surface area contributed by atoms with Gasteiger partial charge in [-0.05, 0) is 36.8 Å².